The standard InChI is InChI=1S/C20H46N2O5/c1-17(2)26-15-19(23)13-21(5,6)9-11-25-12-10-22(7,8)14-20(24)16-27-18(3)4/h17-20,23-24H,9-16H2,1-8H3/q+2. The molecule has 0 aliphatic rings. The fourth-order valence-electron chi connectivity index (χ4n) is 2.76. The molecule has 0 aromatic heterocycles. The SMILES string of the molecule is CC(C)OCC(O)C[N+](C)(C)CCOCC[N+](C)(C)CC(O)COC(C)C. The van der Waals surface area contributed by atoms with E-state index < -0.39 is 12.2 Å². The Morgan fingerprint density at radius 2 is 1.00 bits per heavy atom. The molecular formula is C20H46N2O5+2. The quantitative estimate of drug-likeness (QED) is 0.298. The zero-order chi connectivity index (χ0) is 21.1. The van der Waals surface area contributed by atoms with Gasteiger partial charge in [0.2, 0.25) is 0 Å². The number of ether oxygens (including phenoxy) is 3. The smallest absolute Gasteiger partial charge is 0.126 e. The average Bonchev–Trinajstić information content (AvgIpc) is 2.49. The van der Waals surface area contributed by atoms with Crippen LogP contribution in [0, 0.1) is 0 Å². The second-order valence-electron chi connectivity index (χ2n) is 9.37. The molecule has 7 nitrogen and oxygen atoms in total. The van der Waals surface area contributed by atoms with E-state index in [2.05, 4.69) is 28.2 Å². The van der Waals surface area contributed by atoms with Gasteiger partial charge >= 0.3 is 0 Å². The molecule has 0 radical (unpaired) electrons. The number of aliphatic hydroxyl groups excluding tert-OH is 2. The third-order valence-electron chi connectivity index (χ3n) is 4.34. The molecule has 2 N–H and O–H groups in total. The van der Waals surface area contributed by atoms with Crippen molar-refractivity contribution in [3.05, 3.63) is 0 Å². The molecular weight excluding hydrogens is 348 g/mol. The fourth-order valence-corrected chi connectivity index (χ4v) is 2.76. The van der Waals surface area contributed by atoms with Crippen molar-refractivity contribution < 1.29 is 33.4 Å². The number of hydrogen-bond donors (Lipinski definition) is 2. The molecule has 0 aromatic rings. The third-order valence-corrected chi connectivity index (χ3v) is 4.34. The topological polar surface area (TPSA) is 68.2 Å². The summed E-state index contributed by atoms with van der Waals surface area (Å²) in [6, 6.07) is 0. The van der Waals surface area contributed by atoms with Gasteiger partial charge in [-0.2, -0.15) is 0 Å². The summed E-state index contributed by atoms with van der Waals surface area (Å²) in [5, 5.41) is 20.2. The molecule has 0 fully saturated rings. The lowest BCUT2D eigenvalue weighted by molar-refractivity contribution is -0.897. The van der Waals surface area contributed by atoms with Gasteiger partial charge in [-0.25, -0.2) is 0 Å². The maximum Gasteiger partial charge on any atom is 0.126 e. The highest BCUT2D eigenvalue weighted by molar-refractivity contribution is 4.55. The van der Waals surface area contributed by atoms with E-state index in [1.54, 1.807) is 0 Å². The molecule has 0 aliphatic carbocycles. The van der Waals surface area contributed by atoms with Crippen LogP contribution in [0.2, 0.25) is 0 Å². The molecule has 2 atom stereocenters. The van der Waals surface area contributed by atoms with Crippen LogP contribution < -0.4 is 0 Å². The van der Waals surface area contributed by atoms with E-state index >= 15 is 0 Å². The van der Waals surface area contributed by atoms with E-state index in [-0.39, 0.29) is 12.2 Å². The molecule has 2 unspecified atom stereocenters. The van der Waals surface area contributed by atoms with Gasteiger partial charge in [0.15, 0.2) is 0 Å². The number of rotatable bonds is 16. The zero-order valence-corrected chi connectivity index (χ0v) is 19.0. The Balaban J connectivity index is 3.97. The van der Waals surface area contributed by atoms with Crippen LogP contribution >= 0.6 is 0 Å². The predicted molar refractivity (Wildman–Crippen MR) is 109 cm³/mol. The van der Waals surface area contributed by atoms with Crippen LogP contribution in [0.5, 0.6) is 0 Å². The highest BCUT2D eigenvalue weighted by Gasteiger charge is 2.23. The highest BCUT2D eigenvalue weighted by atomic mass is 16.5. The van der Waals surface area contributed by atoms with E-state index in [0.717, 1.165) is 13.1 Å². The number of hydrogen-bond acceptors (Lipinski definition) is 5. The summed E-state index contributed by atoms with van der Waals surface area (Å²) in [6.07, 6.45) is -0.661. The normalized spacial score (nSPS) is 15.6. The summed E-state index contributed by atoms with van der Waals surface area (Å²) >= 11 is 0. The summed E-state index contributed by atoms with van der Waals surface area (Å²) < 4.78 is 18.1. The van der Waals surface area contributed by atoms with Crippen LogP contribution in [-0.4, -0.2) is 124 Å². The molecule has 7 heteroatoms. The van der Waals surface area contributed by atoms with Gasteiger partial charge in [0.25, 0.3) is 0 Å². The Morgan fingerprint density at radius 1 is 0.667 bits per heavy atom. The van der Waals surface area contributed by atoms with Crippen LogP contribution in [0.15, 0.2) is 0 Å². The summed E-state index contributed by atoms with van der Waals surface area (Å²) in [4.78, 5) is 0. The number of likely N-dealkylation sites (N-methyl/N-ethyl adjacent to an activating group) is 2. The molecule has 0 aliphatic heterocycles. The van der Waals surface area contributed by atoms with Crippen molar-refractivity contribution in [1.82, 2.24) is 0 Å². The van der Waals surface area contributed by atoms with Crippen molar-refractivity contribution >= 4 is 0 Å². The average molecular weight is 395 g/mol. The highest BCUT2D eigenvalue weighted by Crippen LogP contribution is 2.04. The minimum atomic E-state index is -0.465. The van der Waals surface area contributed by atoms with Crippen molar-refractivity contribution in [1.29, 1.82) is 0 Å². The molecule has 0 amide bonds. The van der Waals surface area contributed by atoms with Gasteiger partial charge in [0, 0.05) is 0 Å². The molecule has 0 spiro atoms. The molecule has 0 heterocycles. The molecule has 27 heavy (non-hydrogen) atoms. The predicted octanol–water partition coefficient (Wildman–Crippen LogP) is 0.728. The Hall–Kier alpha value is -0.280. The van der Waals surface area contributed by atoms with Gasteiger partial charge in [-0.1, -0.05) is 0 Å². The molecule has 0 saturated carbocycles. The van der Waals surface area contributed by atoms with Crippen LogP contribution in [0.4, 0.5) is 0 Å². The lowest BCUT2D eigenvalue weighted by Crippen LogP contribution is -2.50. The zero-order valence-electron chi connectivity index (χ0n) is 19.0. The molecule has 0 rings (SSSR count). The first kappa shape index (κ1) is 26.7. The van der Waals surface area contributed by atoms with Crippen molar-refractivity contribution in [3.63, 3.8) is 0 Å². The Morgan fingerprint density at radius 3 is 1.30 bits per heavy atom. The number of aliphatic hydroxyl groups is 2. The van der Waals surface area contributed by atoms with Gasteiger partial charge in [-0.3, -0.25) is 0 Å². The first-order valence-electron chi connectivity index (χ1n) is 10.1. The largest absolute Gasteiger partial charge is 0.385 e. The third kappa shape index (κ3) is 16.4. The minimum absolute atomic E-state index is 0.135. The van der Waals surface area contributed by atoms with E-state index in [9.17, 15) is 10.2 Å². The lowest BCUT2D eigenvalue weighted by atomic mass is 10.3. The number of quaternary nitrogens is 2. The van der Waals surface area contributed by atoms with Crippen LogP contribution in [0.3, 0.4) is 0 Å². The second kappa shape index (κ2) is 13.0. The molecule has 0 bridgehead atoms. The van der Waals surface area contributed by atoms with Crippen molar-refractivity contribution in [2.45, 2.75) is 52.1 Å². The molecule has 0 saturated heterocycles. The molecule has 164 valence electrons. The lowest BCUT2D eigenvalue weighted by Gasteiger charge is -2.33. The minimum Gasteiger partial charge on any atom is -0.385 e. The van der Waals surface area contributed by atoms with E-state index in [1.165, 1.54) is 0 Å². The van der Waals surface area contributed by atoms with E-state index in [4.69, 9.17) is 14.2 Å². The Labute approximate surface area is 167 Å². The van der Waals surface area contributed by atoms with Gasteiger partial charge in [-0.15, -0.1) is 0 Å². The summed E-state index contributed by atoms with van der Waals surface area (Å²) in [5.74, 6) is 0. The monoisotopic (exact) mass is 394 g/mol. The Bertz CT molecular complexity index is 341. The van der Waals surface area contributed by atoms with Gasteiger partial charge < -0.3 is 33.4 Å². The van der Waals surface area contributed by atoms with Crippen molar-refractivity contribution in [2.24, 2.45) is 0 Å². The number of nitrogens with zero attached hydrogens (tertiary/aromatic N) is 2. The van der Waals surface area contributed by atoms with Gasteiger partial charge in [0.05, 0.1) is 66.8 Å². The fraction of sp³-hybridized carbons (Fsp3) is 1.00. The summed E-state index contributed by atoms with van der Waals surface area (Å²) in [7, 11) is 8.36. The summed E-state index contributed by atoms with van der Waals surface area (Å²) in [6.45, 7) is 12.8. The maximum absolute atomic E-state index is 10.1. The van der Waals surface area contributed by atoms with Crippen LogP contribution in [0.25, 0.3) is 0 Å². The Kier molecular flexibility index (Phi) is 12.9. The van der Waals surface area contributed by atoms with E-state index in [0.29, 0.717) is 48.5 Å². The van der Waals surface area contributed by atoms with E-state index in [1.807, 2.05) is 27.7 Å². The first-order chi connectivity index (χ1) is 12.3. The van der Waals surface area contributed by atoms with Gasteiger partial charge in [0.1, 0.15) is 38.4 Å². The van der Waals surface area contributed by atoms with Crippen molar-refractivity contribution in [3.8, 4) is 0 Å². The summed E-state index contributed by atoms with van der Waals surface area (Å²) in [5.41, 5.74) is 0. The van der Waals surface area contributed by atoms with Crippen molar-refractivity contribution in [2.75, 3.05) is 80.8 Å². The van der Waals surface area contributed by atoms with Gasteiger partial charge in [-0.05, 0) is 27.7 Å². The first-order valence-corrected chi connectivity index (χ1v) is 10.1. The second-order valence-corrected chi connectivity index (χ2v) is 9.37. The maximum atomic E-state index is 10.1. The molecule has 0 aromatic carbocycles. The van der Waals surface area contributed by atoms with Crippen LogP contribution in [-0.2, 0) is 14.2 Å². The van der Waals surface area contributed by atoms with Crippen LogP contribution in [0.1, 0.15) is 27.7 Å².